The third kappa shape index (κ3) is 2.62. The van der Waals surface area contributed by atoms with Gasteiger partial charge in [-0.15, -0.1) is 0 Å². The van der Waals surface area contributed by atoms with Gasteiger partial charge in [-0.25, -0.2) is 15.0 Å². The summed E-state index contributed by atoms with van der Waals surface area (Å²) < 4.78 is 0. The minimum atomic E-state index is 0.641. The van der Waals surface area contributed by atoms with Gasteiger partial charge in [0, 0.05) is 17.3 Å². The van der Waals surface area contributed by atoms with E-state index in [4.69, 9.17) is 0 Å². The maximum Gasteiger partial charge on any atom is 0.178 e. The van der Waals surface area contributed by atoms with Crippen molar-refractivity contribution in [1.82, 2.24) is 19.9 Å². The molecule has 110 valence electrons. The van der Waals surface area contributed by atoms with E-state index < -0.39 is 0 Å². The van der Waals surface area contributed by atoms with Crippen molar-refractivity contribution >= 4 is 0 Å². The number of nitrogens with one attached hydrogen (secondary N) is 1. The molecule has 0 aliphatic rings. The lowest BCUT2D eigenvalue weighted by Gasteiger charge is -2.05. The van der Waals surface area contributed by atoms with Crippen LogP contribution in [0.5, 0.6) is 0 Å². The lowest BCUT2D eigenvalue weighted by Crippen LogP contribution is -1.93. The van der Waals surface area contributed by atoms with Crippen molar-refractivity contribution in [3.63, 3.8) is 0 Å². The number of hydrogen-bond acceptors (Lipinski definition) is 3. The molecule has 0 aliphatic heterocycles. The number of hydrogen-bond donors (Lipinski definition) is 1. The van der Waals surface area contributed by atoms with E-state index in [0.717, 1.165) is 28.2 Å². The second-order valence-electron chi connectivity index (χ2n) is 5.12. The maximum absolute atomic E-state index is 4.69. The van der Waals surface area contributed by atoms with Gasteiger partial charge in [-0.2, -0.15) is 0 Å². The van der Waals surface area contributed by atoms with Gasteiger partial charge in [0.05, 0.1) is 17.7 Å². The van der Waals surface area contributed by atoms with E-state index >= 15 is 0 Å². The molecule has 2 aromatic heterocycles. The summed E-state index contributed by atoms with van der Waals surface area (Å²) >= 11 is 0. The molecule has 23 heavy (non-hydrogen) atoms. The number of imidazole rings is 1. The number of nitrogens with zero attached hydrogens (tertiary/aromatic N) is 3. The number of aromatic amines is 1. The van der Waals surface area contributed by atoms with Gasteiger partial charge in [0.15, 0.2) is 5.82 Å². The third-order valence-electron chi connectivity index (χ3n) is 3.64. The van der Waals surface area contributed by atoms with Gasteiger partial charge >= 0.3 is 0 Å². The number of benzene rings is 2. The molecular formula is C19H14N4. The van der Waals surface area contributed by atoms with Crippen LogP contribution in [-0.4, -0.2) is 19.9 Å². The first-order valence-corrected chi connectivity index (χ1v) is 7.39. The summed E-state index contributed by atoms with van der Waals surface area (Å²) in [7, 11) is 0. The van der Waals surface area contributed by atoms with E-state index in [1.54, 1.807) is 12.5 Å². The molecule has 0 saturated heterocycles. The Hall–Kier alpha value is -3.27. The van der Waals surface area contributed by atoms with Crippen LogP contribution < -0.4 is 0 Å². The summed E-state index contributed by atoms with van der Waals surface area (Å²) in [6.45, 7) is 0. The van der Waals surface area contributed by atoms with Gasteiger partial charge in [0.25, 0.3) is 0 Å². The van der Waals surface area contributed by atoms with Gasteiger partial charge in [-0.05, 0) is 6.07 Å². The standard InChI is InChI=1S/C19H14N4/c1-3-7-14(8-4-1)16-11-12-20-19(23-16)18-17(21-13-22-18)15-9-5-2-6-10-15/h1-13H,(H,21,22). The molecule has 0 unspecified atom stereocenters. The second kappa shape index (κ2) is 5.85. The van der Waals surface area contributed by atoms with Crippen LogP contribution in [0.2, 0.25) is 0 Å². The quantitative estimate of drug-likeness (QED) is 0.616. The van der Waals surface area contributed by atoms with Gasteiger partial charge in [0.2, 0.25) is 0 Å². The zero-order valence-electron chi connectivity index (χ0n) is 12.3. The molecule has 4 nitrogen and oxygen atoms in total. The Morgan fingerprint density at radius 1 is 0.696 bits per heavy atom. The van der Waals surface area contributed by atoms with E-state index in [9.17, 15) is 0 Å². The zero-order chi connectivity index (χ0) is 15.5. The molecule has 0 saturated carbocycles. The van der Waals surface area contributed by atoms with Gasteiger partial charge in [-0.3, -0.25) is 0 Å². The lowest BCUT2D eigenvalue weighted by molar-refractivity contribution is 1.16. The van der Waals surface area contributed by atoms with E-state index in [2.05, 4.69) is 19.9 Å². The van der Waals surface area contributed by atoms with Crippen molar-refractivity contribution in [2.75, 3.05) is 0 Å². The van der Waals surface area contributed by atoms with Crippen LogP contribution in [0.3, 0.4) is 0 Å². The average molecular weight is 298 g/mol. The highest BCUT2D eigenvalue weighted by Crippen LogP contribution is 2.27. The summed E-state index contributed by atoms with van der Waals surface area (Å²) in [6, 6.07) is 22.0. The number of H-pyrrole nitrogens is 1. The molecule has 2 aromatic carbocycles. The minimum Gasteiger partial charge on any atom is -0.341 e. The molecule has 4 rings (SSSR count). The van der Waals surface area contributed by atoms with Crippen LogP contribution in [0.25, 0.3) is 34.0 Å². The van der Waals surface area contributed by atoms with Crippen LogP contribution in [0, 0.1) is 0 Å². The Balaban J connectivity index is 1.80. The van der Waals surface area contributed by atoms with E-state index in [1.807, 2.05) is 66.7 Å². The van der Waals surface area contributed by atoms with Gasteiger partial charge in [0.1, 0.15) is 5.69 Å². The minimum absolute atomic E-state index is 0.641. The fourth-order valence-corrected chi connectivity index (χ4v) is 2.53. The van der Waals surface area contributed by atoms with Crippen molar-refractivity contribution in [3.8, 4) is 34.0 Å². The van der Waals surface area contributed by atoms with Crippen LogP contribution in [0.1, 0.15) is 0 Å². The Bertz CT molecular complexity index is 914. The largest absolute Gasteiger partial charge is 0.341 e. The maximum atomic E-state index is 4.69. The second-order valence-corrected chi connectivity index (χ2v) is 5.12. The fraction of sp³-hybridized carbons (Fsp3) is 0. The highest BCUT2D eigenvalue weighted by atomic mass is 15.0. The van der Waals surface area contributed by atoms with Crippen LogP contribution in [0.15, 0.2) is 79.3 Å². The SMILES string of the molecule is c1ccc(-c2ccnc(-c3[nH]cnc3-c3ccccc3)n2)cc1. The first-order valence-electron chi connectivity index (χ1n) is 7.39. The Morgan fingerprint density at radius 3 is 2.13 bits per heavy atom. The summed E-state index contributed by atoms with van der Waals surface area (Å²) in [5.74, 6) is 0.641. The Labute approximate surface area is 133 Å². The van der Waals surface area contributed by atoms with Gasteiger partial charge in [-0.1, -0.05) is 60.7 Å². The highest BCUT2D eigenvalue weighted by molar-refractivity contribution is 5.75. The molecule has 4 heteroatoms. The monoisotopic (exact) mass is 298 g/mol. The molecule has 0 aliphatic carbocycles. The first kappa shape index (κ1) is 13.4. The predicted octanol–water partition coefficient (Wildman–Crippen LogP) is 4.20. The lowest BCUT2D eigenvalue weighted by atomic mass is 10.1. The fourth-order valence-electron chi connectivity index (χ4n) is 2.53. The van der Waals surface area contributed by atoms with Crippen LogP contribution in [-0.2, 0) is 0 Å². The van der Waals surface area contributed by atoms with E-state index in [0.29, 0.717) is 5.82 Å². The molecule has 0 atom stereocenters. The normalized spacial score (nSPS) is 10.6. The molecular weight excluding hydrogens is 284 g/mol. The first-order chi connectivity index (χ1) is 11.4. The van der Waals surface area contributed by atoms with Crippen molar-refractivity contribution in [3.05, 3.63) is 79.3 Å². The predicted molar refractivity (Wildman–Crippen MR) is 90.5 cm³/mol. The summed E-state index contributed by atoms with van der Waals surface area (Å²) in [5, 5.41) is 0. The molecule has 0 radical (unpaired) electrons. The van der Waals surface area contributed by atoms with Gasteiger partial charge < -0.3 is 4.98 Å². The molecule has 0 bridgehead atoms. The van der Waals surface area contributed by atoms with Crippen molar-refractivity contribution in [2.24, 2.45) is 0 Å². The van der Waals surface area contributed by atoms with Crippen molar-refractivity contribution in [2.45, 2.75) is 0 Å². The van der Waals surface area contributed by atoms with E-state index in [-0.39, 0.29) is 0 Å². The highest BCUT2D eigenvalue weighted by Gasteiger charge is 2.13. The number of rotatable bonds is 3. The molecule has 4 aromatic rings. The van der Waals surface area contributed by atoms with E-state index in [1.165, 1.54) is 0 Å². The molecule has 0 amide bonds. The third-order valence-corrected chi connectivity index (χ3v) is 3.64. The Morgan fingerprint density at radius 2 is 1.39 bits per heavy atom. The smallest absolute Gasteiger partial charge is 0.178 e. The summed E-state index contributed by atoms with van der Waals surface area (Å²) in [4.78, 5) is 16.7. The molecule has 0 fully saturated rings. The summed E-state index contributed by atoms with van der Waals surface area (Å²) in [5.41, 5.74) is 4.68. The Kier molecular flexibility index (Phi) is 3.41. The van der Waals surface area contributed by atoms with Crippen LogP contribution >= 0.6 is 0 Å². The topological polar surface area (TPSA) is 54.5 Å². The van der Waals surface area contributed by atoms with Crippen molar-refractivity contribution in [1.29, 1.82) is 0 Å². The average Bonchev–Trinajstić information content (AvgIpc) is 3.13. The molecule has 1 N–H and O–H groups in total. The zero-order valence-corrected chi connectivity index (χ0v) is 12.3. The summed E-state index contributed by atoms with van der Waals surface area (Å²) in [6.07, 6.45) is 3.45. The number of aromatic nitrogens is 4. The van der Waals surface area contributed by atoms with Crippen LogP contribution in [0.4, 0.5) is 0 Å². The molecule has 0 spiro atoms. The molecule has 2 heterocycles. The van der Waals surface area contributed by atoms with Crippen molar-refractivity contribution < 1.29 is 0 Å².